The number of carbonyl (C=O) groups excluding carboxylic acids is 2. The first-order chi connectivity index (χ1) is 19.9. The second-order valence-corrected chi connectivity index (χ2v) is 10.3. The maximum Gasteiger partial charge on any atom is 0.256 e. The van der Waals surface area contributed by atoms with Crippen LogP contribution in [0.5, 0.6) is 5.75 Å². The number of nitrogens with zero attached hydrogens (tertiary/aromatic N) is 3. The number of piperidine rings is 1. The van der Waals surface area contributed by atoms with Crippen LogP contribution in [0.4, 0.5) is 5.82 Å². The third-order valence-electron chi connectivity index (χ3n) is 7.21. The normalized spacial score (nSPS) is 14.8. The number of nitrogens with one attached hydrogen (secondary N) is 1. The molecule has 8 nitrogen and oxygen atoms in total. The lowest BCUT2D eigenvalue weighted by Gasteiger charge is -2.35. The summed E-state index contributed by atoms with van der Waals surface area (Å²) in [7, 11) is 0. The average Bonchev–Trinajstić information content (AvgIpc) is 3.00. The maximum atomic E-state index is 13.5. The lowest BCUT2D eigenvalue weighted by Crippen LogP contribution is -2.47. The zero-order valence-electron chi connectivity index (χ0n) is 22.2. The second kappa shape index (κ2) is 12.2. The first-order valence-corrected chi connectivity index (χ1v) is 13.7. The summed E-state index contributed by atoms with van der Waals surface area (Å²) in [5, 5.41) is 24.0. The molecule has 206 valence electrons. The third-order valence-corrected chi connectivity index (χ3v) is 7.45. The summed E-state index contributed by atoms with van der Waals surface area (Å²) in [5.74, 6) is -0.613. The van der Waals surface area contributed by atoms with E-state index >= 15 is 0 Å². The quantitative estimate of drug-likeness (QED) is 0.268. The van der Waals surface area contributed by atoms with Crippen LogP contribution in [-0.2, 0) is 0 Å². The number of carbonyl (C=O) groups is 2. The Morgan fingerprint density at radius 1 is 1.02 bits per heavy atom. The number of phenols is 1. The number of rotatable bonds is 6. The number of hydrogen-bond donors (Lipinski definition) is 3. The van der Waals surface area contributed by atoms with Gasteiger partial charge in [-0.2, -0.15) is 5.26 Å². The van der Waals surface area contributed by atoms with E-state index < -0.39 is 5.91 Å². The molecule has 41 heavy (non-hydrogen) atoms. The van der Waals surface area contributed by atoms with Gasteiger partial charge in [-0.1, -0.05) is 41.9 Å². The lowest BCUT2D eigenvalue weighted by atomic mass is 9.95. The van der Waals surface area contributed by atoms with Crippen LogP contribution in [0.2, 0.25) is 5.02 Å². The summed E-state index contributed by atoms with van der Waals surface area (Å²) in [5.41, 5.74) is 8.64. The maximum absolute atomic E-state index is 13.5. The monoisotopic (exact) mass is 565 g/mol. The molecule has 0 bridgehead atoms. The summed E-state index contributed by atoms with van der Waals surface area (Å²) < 4.78 is 0. The van der Waals surface area contributed by atoms with Gasteiger partial charge in [-0.25, -0.2) is 4.98 Å². The number of likely N-dealkylation sites (tertiary alicyclic amines) is 1. The standard InChI is InChI=1S/C32H28ClN5O3/c33-23-10-6-8-21(16-23)31(40)37-30-27(19-35)26(17-28(36-30)25-12-1-2-13-29(25)39)20-7-5-9-22(15-20)32(41)38-14-4-3-11-24(38)18-34/h1-2,5-10,12-13,15-17,24,39H,3-4,11,14,18,34H2,(H,36,37,40). The van der Waals surface area contributed by atoms with Crippen LogP contribution in [0.1, 0.15) is 45.5 Å². The number of aromatic hydroxyl groups is 1. The summed E-state index contributed by atoms with van der Waals surface area (Å²) in [6, 6.07) is 24.0. The highest BCUT2D eigenvalue weighted by molar-refractivity contribution is 6.31. The van der Waals surface area contributed by atoms with Crippen LogP contribution < -0.4 is 11.1 Å². The van der Waals surface area contributed by atoms with Gasteiger partial charge in [0.2, 0.25) is 0 Å². The first kappa shape index (κ1) is 27.8. The van der Waals surface area contributed by atoms with E-state index in [1.54, 1.807) is 66.7 Å². The van der Waals surface area contributed by atoms with Crippen molar-refractivity contribution < 1.29 is 14.7 Å². The Labute approximate surface area is 243 Å². The molecule has 2 heterocycles. The molecular formula is C32H28ClN5O3. The van der Waals surface area contributed by atoms with E-state index in [0.717, 1.165) is 19.3 Å². The predicted octanol–water partition coefficient (Wildman–Crippen LogP) is 5.85. The highest BCUT2D eigenvalue weighted by Gasteiger charge is 2.27. The van der Waals surface area contributed by atoms with Gasteiger partial charge in [0.15, 0.2) is 5.82 Å². The van der Waals surface area contributed by atoms with E-state index in [1.165, 1.54) is 12.1 Å². The highest BCUT2D eigenvalue weighted by Crippen LogP contribution is 2.36. The largest absolute Gasteiger partial charge is 0.507 e. The molecule has 1 saturated heterocycles. The number of nitriles is 1. The topological polar surface area (TPSA) is 132 Å². The fourth-order valence-corrected chi connectivity index (χ4v) is 5.30. The van der Waals surface area contributed by atoms with E-state index in [4.69, 9.17) is 17.3 Å². The van der Waals surface area contributed by atoms with Gasteiger partial charge in [0, 0.05) is 46.4 Å². The summed E-state index contributed by atoms with van der Waals surface area (Å²) >= 11 is 6.08. The van der Waals surface area contributed by atoms with E-state index in [0.29, 0.717) is 51.6 Å². The Balaban J connectivity index is 1.62. The van der Waals surface area contributed by atoms with Crippen LogP contribution in [0, 0.1) is 11.3 Å². The molecule has 1 atom stereocenters. The molecule has 5 rings (SSSR count). The Kier molecular flexibility index (Phi) is 8.29. The molecule has 2 amide bonds. The van der Waals surface area contributed by atoms with Gasteiger partial charge in [-0.15, -0.1) is 0 Å². The Morgan fingerprint density at radius 3 is 2.56 bits per heavy atom. The van der Waals surface area contributed by atoms with Crippen molar-refractivity contribution in [1.82, 2.24) is 9.88 Å². The number of phenolic OH excluding ortho intramolecular Hbond substituents is 1. The smallest absolute Gasteiger partial charge is 0.256 e. The predicted molar refractivity (Wildman–Crippen MR) is 159 cm³/mol. The number of aromatic nitrogens is 1. The fraction of sp³-hybridized carbons (Fsp3) is 0.188. The average molecular weight is 566 g/mol. The fourth-order valence-electron chi connectivity index (χ4n) is 5.11. The number of para-hydroxylation sites is 1. The Bertz CT molecular complexity index is 1670. The highest BCUT2D eigenvalue weighted by atomic mass is 35.5. The SMILES string of the molecule is N#Cc1c(-c2cccc(C(=O)N3CCCCC3CN)c2)cc(-c2ccccc2O)nc1NC(=O)c1cccc(Cl)c1. The first-order valence-electron chi connectivity index (χ1n) is 13.3. The van der Waals surface area contributed by atoms with Gasteiger partial charge in [-0.3, -0.25) is 9.59 Å². The Morgan fingerprint density at radius 2 is 1.80 bits per heavy atom. The molecule has 9 heteroatoms. The van der Waals surface area contributed by atoms with Crippen molar-refractivity contribution in [3.8, 4) is 34.2 Å². The third kappa shape index (κ3) is 5.92. The molecule has 1 fully saturated rings. The number of halogens is 1. The number of hydrogen-bond acceptors (Lipinski definition) is 6. The van der Waals surface area contributed by atoms with Crippen LogP contribution in [0.15, 0.2) is 78.9 Å². The number of anilines is 1. The number of amides is 2. The minimum Gasteiger partial charge on any atom is -0.507 e. The zero-order valence-corrected chi connectivity index (χ0v) is 22.9. The molecule has 3 aromatic carbocycles. The van der Waals surface area contributed by atoms with Gasteiger partial charge in [0.25, 0.3) is 11.8 Å². The van der Waals surface area contributed by atoms with Gasteiger partial charge in [0.05, 0.1) is 5.69 Å². The van der Waals surface area contributed by atoms with Crippen molar-refractivity contribution in [2.45, 2.75) is 25.3 Å². The summed E-state index contributed by atoms with van der Waals surface area (Å²) in [6.07, 6.45) is 2.82. The minimum atomic E-state index is -0.501. The van der Waals surface area contributed by atoms with Crippen molar-refractivity contribution in [3.63, 3.8) is 0 Å². The molecule has 0 radical (unpaired) electrons. The minimum absolute atomic E-state index is 0.00960. The molecule has 4 aromatic rings. The van der Waals surface area contributed by atoms with Crippen LogP contribution in [0.25, 0.3) is 22.4 Å². The molecule has 4 N–H and O–H groups in total. The van der Waals surface area contributed by atoms with E-state index in [1.807, 2.05) is 4.90 Å². The second-order valence-electron chi connectivity index (χ2n) is 9.84. The van der Waals surface area contributed by atoms with Crippen molar-refractivity contribution in [3.05, 3.63) is 101 Å². The molecule has 1 unspecified atom stereocenters. The number of benzene rings is 3. The van der Waals surface area contributed by atoms with Gasteiger partial charge in [0.1, 0.15) is 17.4 Å². The van der Waals surface area contributed by atoms with Crippen LogP contribution in [0.3, 0.4) is 0 Å². The lowest BCUT2D eigenvalue weighted by molar-refractivity contribution is 0.0623. The number of pyridine rings is 1. The molecular weight excluding hydrogens is 538 g/mol. The van der Waals surface area contributed by atoms with Gasteiger partial charge < -0.3 is 21.1 Å². The van der Waals surface area contributed by atoms with E-state index in [2.05, 4.69) is 16.4 Å². The molecule has 1 aliphatic rings. The zero-order chi connectivity index (χ0) is 28.9. The molecule has 1 aromatic heterocycles. The molecule has 0 spiro atoms. The van der Waals surface area contributed by atoms with Crippen molar-refractivity contribution in [2.75, 3.05) is 18.4 Å². The van der Waals surface area contributed by atoms with E-state index in [9.17, 15) is 20.0 Å². The van der Waals surface area contributed by atoms with Crippen LogP contribution in [-0.4, -0.2) is 45.9 Å². The summed E-state index contributed by atoms with van der Waals surface area (Å²) in [6.45, 7) is 1.04. The van der Waals surface area contributed by atoms with E-state index in [-0.39, 0.29) is 29.1 Å². The van der Waals surface area contributed by atoms with Crippen LogP contribution >= 0.6 is 11.6 Å². The molecule has 0 aliphatic carbocycles. The van der Waals surface area contributed by atoms with Crippen molar-refractivity contribution >= 4 is 29.2 Å². The van der Waals surface area contributed by atoms with Gasteiger partial charge >= 0.3 is 0 Å². The summed E-state index contributed by atoms with van der Waals surface area (Å²) in [4.78, 5) is 33.1. The molecule has 1 aliphatic heterocycles. The molecule has 0 saturated carbocycles. The van der Waals surface area contributed by atoms with Crippen molar-refractivity contribution in [2.24, 2.45) is 5.73 Å². The number of nitrogens with two attached hydrogens (primary N) is 1. The van der Waals surface area contributed by atoms with Gasteiger partial charge in [-0.05, 0) is 73.4 Å². The van der Waals surface area contributed by atoms with Crippen molar-refractivity contribution in [1.29, 1.82) is 5.26 Å². The Hall–Kier alpha value is -4.71.